The van der Waals surface area contributed by atoms with Crippen molar-refractivity contribution in [1.29, 1.82) is 0 Å². The van der Waals surface area contributed by atoms with Gasteiger partial charge in [-0.3, -0.25) is 0 Å². The molecule has 0 heterocycles. The molecule has 0 amide bonds. The van der Waals surface area contributed by atoms with Crippen LogP contribution in [0, 0.1) is 0 Å². The third-order valence-electron chi connectivity index (χ3n) is 1.67. The average molecular weight is 220 g/mol. The minimum Gasteiger partial charge on any atom is -0.309 e. The van der Waals surface area contributed by atoms with Crippen molar-refractivity contribution < 1.29 is 0 Å². The Bertz CT molecular complexity index is 163. The van der Waals surface area contributed by atoms with Crippen molar-refractivity contribution in [2.45, 2.75) is 26.2 Å². The van der Waals surface area contributed by atoms with E-state index in [1.807, 2.05) is 6.92 Å². The van der Waals surface area contributed by atoms with Gasteiger partial charge in [-0.2, -0.15) is 0 Å². The first-order valence-corrected chi connectivity index (χ1v) is 5.00. The molecule has 14 heavy (non-hydrogen) atoms. The van der Waals surface area contributed by atoms with Crippen LogP contribution in [0.3, 0.4) is 0 Å². The third-order valence-corrected chi connectivity index (χ3v) is 1.67. The Kier molecular flexibility index (Phi) is 14.5. The van der Waals surface area contributed by atoms with Crippen molar-refractivity contribution in [3.8, 4) is 0 Å². The number of aliphatic imine (C=N–C) groups is 2. The SMILES string of the molecule is CCN=C=NCCCCCN(C)C.Cl. The van der Waals surface area contributed by atoms with Crippen LogP contribution in [0.25, 0.3) is 0 Å². The molecule has 0 saturated heterocycles. The Morgan fingerprint density at radius 1 is 1.07 bits per heavy atom. The lowest BCUT2D eigenvalue weighted by Gasteiger charge is -2.07. The van der Waals surface area contributed by atoms with Crippen LogP contribution in [0.4, 0.5) is 0 Å². The van der Waals surface area contributed by atoms with Crippen LogP contribution in [0.15, 0.2) is 9.98 Å². The largest absolute Gasteiger partial charge is 0.309 e. The normalized spacial score (nSPS) is 9.14. The Labute approximate surface area is 93.7 Å². The molecule has 0 N–H and O–H groups in total. The molecule has 0 unspecified atom stereocenters. The standard InChI is InChI=1S/C10H21N3.ClH/c1-4-11-10-12-8-6-5-7-9-13(2)3;/h4-9H2,1-3H3;1H. The lowest BCUT2D eigenvalue weighted by atomic mass is 10.2. The highest BCUT2D eigenvalue weighted by atomic mass is 35.5. The number of hydrogen-bond donors (Lipinski definition) is 0. The molecular formula is C10H22ClN3. The first kappa shape index (κ1) is 16.1. The van der Waals surface area contributed by atoms with Gasteiger partial charge in [0.1, 0.15) is 0 Å². The lowest BCUT2D eigenvalue weighted by molar-refractivity contribution is 0.392. The molecule has 0 fully saturated rings. The van der Waals surface area contributed by atoms with Gasteiger partial charge in [-0.1, -0.05) is 6.42 Å². The number of rotatable bonds is 7. The van der Waals surface area contributed by atoms with E-state index in [0.29, 0.717) is 0 Å². The van der Waals surface area contributed by atoms with Gasteiger partial charge in [-0.05, 0) is 40.4 Å². The number of halogens is 1. The zero-order valence-electron chi connectivity index (χ0n) is 9.49. The monoisotopic (exact) mass is 219 g/mol. The molecule has 0 aromatic heterocycles. The van der Waals surface area contributed by atoms with Gasteiger partial charge in [0, 0.05) is 13.1 Å². The highest BCUT2D eigenvalue weighted by Crippen LogP contribution is 1.95. The Hall–Kier alpha value is -0.370. The smallest absolute Gasteiger partial charge is 0.0892 e. The van der Waals surface area contributed by atoms with Gasteiger partial charge in [0.15, 0.2) is 0 Å². The Balaban J connectivity index is 0. The van der Waals surface area contributed by atoms with E-state index in [-0.39, 0.29) is 12.4 Å². The van der Waals surface area contributed by atoms with Gasteiger partial charge >= 0.3 is 0 Å². The maximum Gasteiger partial charge on any atom is 0.0892 e. The van der Waals surface area contributed by atoms with Crippen LogP contribution in [0.2, 0.25) is 0 Å². The van der Waals surface area contributed by atoms with Gasteiger partial charge in [0.2, 0.25) is 0 Å². The van der Waals surface area contributed by atoms with Gasteiger partial charge in [-0.25, -0.2) is 9.98 Å². The van der Waals surface area contributed by atoms with Crippen LogP contribution in [0.5, 0.6) is 0 Å². The summed E-state index contributed by atoms with van der Waals surface area (Å²) in [6.45, 7) is 4.81. The summed E-state index contributed by atoms with van der Waals surface area (Å²) in [4.78, 5) is 10.2. The molecule has 0 radical (unpaired) electrons. The van der Waals surface area contributed by atoms with Gasteiger partial charge in [-0.15, -0.1) is 12.4 Å². The molecule has 0 atom stereocenters. The van der Waals surface area contributed by atoms with E-state index >= 15 is 0 Å². The fraction of sp³-hybridized carbons (Fsp3) is 0.900. The summed E-state index contributed by atoms with van der Waals surface area (Å²) in [5.74, 6) is 0. The molecular weight excluding hydrogens is 198 g/mol. The van der Waals surface area contributed by atoms with E-state index in [0.717, 1.165) is 19.5 Å². The van der Waals surface area contributed by atoms with E-state index in [9.17, 15) is 0 Å². The zero-order valence-corrected chi connectivity index (χ0v) is 10.3. The van der Waals surface area contributed by atoms with Crippen LogP contribution in [-0.2, 0) is 0 Å². The highest BCUT2D eigenvalue weighted by molar-refractivity contribution is 5.85. The average Bonchev–Trinajstić information content (AvgIpc) is 2.09. The zero-order chi connectivity index (χ0) is 9.94. The van der Waals surface area contributed by atoms with Crippen LogP contribution < -0.4 is 0 Å². The van der Waals surface area contributed by atoms with E-state index < -0.39 is 0 Å². The number of hydrogen-bond acceptors (Lipinski definition) is 3. The summed E-state index contributed by atoms with van der Waals surface area (Å²) >= 11 is 0. The molecule has 84 valence electrons. The van der Waals surface area contributed by atoms with Gasteiger partial charge in [0.25, 0.3) is 0 Å². The summed E-state index contributed by atoms with van der Waals surface area (Å²) in [5.41, 5.74) is 0. The minimum atomic E-state index is 0. The van der Waals surface area contributed by atoms with Gasteiger partial charge < -0.3 is 4.90 Å². The van der Waals surface area contributed by atoms with Gasteiger partial charge in [0.05, 0.1) is 6.01 Å². The maximum absolute atomic E-state index is 4.05. The number of nitrogens with zero attached hydrogens (tertiary/aromatic N) is 3. The van der Waals surface area contributed by atoms with Crippen molar-refractivity contribution in [1.82, 2.24) is 4.90 Å². The first-order chi connectivity index (χ1) is 6.27. The topological polar surface area (TPSA) is 28.0 Å². The van der Waals surface area contributed by atoms with Crippen molar-refractivity contribution in [2.24, 2.45) is 9.98 Å². The van der Waals surface area contributed by atoms with Crippen molar-refractivity contribution >= 4 is 18.4 Å². The molecule has 0 aliphatic rings. The Morgan fingerprint density at radius 2 is 1.79 bits per heavy atom. The van der Waals surface area contributed by atoms with Crippen LogP contribution in [-0.4, -0.2) is 44.6 Å². The van der Waals surface area contributed by atoms with Crippen LogP contribution in [0.1, 0.15) is 26.2 Å². The summed E-state index contributed by atoms with van der Waals surface area (Å²) in [7, 11) is 4.21. The number of unbranched alkanes of at least 4 members (excludes halogenated alkanes) is 2. The molecule has 4 heteroatoms. The van der Waals surface area contributed by atoms with Crippen molar-refractivity contribution in [3.05, 3.63) is 0 Å². The quantitative estimate of drug-likeness (QED) is 0.477. The minimum absolute atomic E-state index is 0. The molecule has 0 saturated carbocycles. The summed E-state index contributed by atoms with van der Waals surface area (Å²) in [6, 6.07) is 2.67. The molecule has 0 rings (SSSR count). The van der Waals surface area contributed by atoms with Crippen molar-refractivity contribution in [3.63, 3.8) is 0 Å². The summed E-state index contributed by atoms with van der Waals surface area (Å²) < 4.78 is 0. The third kappa shape index (κ3) is 14.2. The maximum atomic E-state index is 4.05. The summed E-state index contributed by atoms with van der Waals surface area (Å²) in [5, 5.41) is 0. The fourth-order valence-electron chi connectivity index (χ4n) is 0.966. The molecule has 0 aliphatic heterocycles. The molecule has 0 spiro atoms. The molecule has 0 aromatic carbocycles. The van der Waals surface area contributed by atoms with Crippen molar-refractivity contribution in [2.75, 3.05) is 33.7 Å². The van der Waals surface area contributed by atoms with E-state index in [2.05, 4.69) is 35.0 Å². The molecule has 0 aliphatic carbocycles. The van der Waals surface area contributed by atoms with E-state index in [4.69, 9.17) is 0 Å². The van der Waals surface area contributed by atoms with E-state index in [1.54, 1.807) is 0 Å². The highest BCUT2D eigenvalue weighted by Gasteiger charge is 1.89. The molecule has 0 bridgehead atoms. The first-order valence-electron chi connectivity index (χ1n) is 5.00. The second-order valence-electron chi connectivity index (χ2n) is 3.32. The molecule has 3 nitrogen and oxygen atoms in total. The predicted molar refractivity (Wildman–Crippen MR) is 64.9 cm³/mol. The fourth-order valence-corrected chi connectivity index (χ4v) is 0.966. The van der Waals surface area contributed by atoms with E-state index in [1.165, 1.54) is 19.4 Å². The summed E-state index contributed by atoms with van der Waals surface area (Å²) in [6.07, 6.45) is 3.66. The second kappa shape index (κ2) is 12.6. The van der Waals surface area contributed by atoms with Crippen LogP contribution >= 0.6 is 12.4 Å². The molecule has 0 aromatic rings. The Morgan fingerprint density at radius 3 is 2.36 bits per heavy atom. The lowest BCUT2D eigenvalue weighted by Crippen LogP contribution is -2.12. The predicted octanol–water partition coefficient (Wildman–Crippen LogP) is 2.33. The second-order valence-corrected chi connectivity index (χ2v) is 3.32.